The lowest BCUT2D eigenvalue weighted by Gasteiger charge is -2.39. The van der Waals surface area contributed by atoms with Crippen LogP contribution in [0, 0.1) is 0 Å². The SMILES string of the molecule is CC(C)(C)c1ccc([C@H](O)CNC(=O)C(C)(C)N2CCOCC2)cc1. The number of carbonyl (C=O) groups is 1. The number of hydrogen-bond donors (Lipinski definition) is 2. The Balaban J connectivity index is 1.92. The fraction of sp³-hybridized carbons (Fsp3) is 0.650. The zero-order chi connectivity index (χ0) is 18.7. The summed E-state index contributed by atoms with van der Waals surface area (Å²) in [5.74, 6) is -0.0697. The highest BCUT2D eigenvalue weighted by Crippen LogP contribution is 2.24. The first-order chi connectivity index (χ1) is 11.6. The molecule has 5 nitrogen and oxygen atoms in total. The summed E-state index contributed by atoms with van der Waals surface area (Å²) in [4.78, 5) is 14.7. The smallest absolute Gasteiger partial charge is 0.240 e. The van der Waals surface area contributed by atoms with Crippen LogP contribution in [0.25, 0.3) is 0 Å². The van der Waals surface area contributed by atoms with Gasteiger partial charge in [-0.05, 0) is 30.4 Å². The van der Waals surface area contributed by atoms with Crippen LogP contribution in [-0.2, 0) is 14.9 Å². The molecule has 1 amide bonds. The summed E-state index contributed by atoms with van der Waals surface area (Å²) in [7, 11) is 0. The van der Waals surface area contributed by atoms with Crippen molar-refractivity contribution < 1.29 is 14.6 Å². The largest absolute Gasteiger partial charge is 0.387 e. The predicted molar refractivity (Wildman–Crippen MR) is 99.6 cm³/mol. The fourth-order valence-corrected chi connectivity index (χ4v) is 2.99. The Morgan fingerprint density at radius 2 is 1.72 bits per heavy atom. The van der Waals surface area contributed by atoms with Crippen molar-refractivity contribution in [1.82, 2.24) is 10.2 Å². The molecular formula is C20H32N2O3. The Hall–Kier alpha value is -1.43. The zero-order valence-electron chi connectivity index (χ0n) is 16.1. The number of amides is 1. The second kappa shape index (κ2) is 7.85. The van der Waals surface area contributed by atoms with Crippen molar-refractivity contribution in [3.8, 4) is 0 Å². The van der Waals surface area contributed by atoms with E-state index in [-0.39, 0.29) is 17.9 Å². The summed E-state index contributed by atoms with van der Waals surface area (Å²) in [5, 5.41) is 13.3. The van der Waals surface area contributed by atoms with Crippen LogP contribution in [0.4, 0.5) is 0 Å². The molecule has 1 atom stereocenters. The number of aliphatic hydroxyl groups excluding tert-OH is 1. The fourth-order valence-electron chi connectivity index (χ4n) is 2.99. The molecule has 140 valence electrons. The monoisotopic (exact) mass is 348 g/mol. The van der Waals surface area contributed by atoms with E-state index in [0.29, 0.717) is 13.2 Å². The molecule has 1 heterocycles. The zero-order valence-corrected chi connectivity index (χ0v) is 16.1. The summed E-state index contributed by atoms with van der Waals surface area (Å²) in [6.45, 7) is 13.3. The van der Waals surface area contributed by atoms with Crippen molar-refractivity contribution >= 4 is 5.91 Å². The van der Waals surface area contributed by atoms with Crippen molar-refractivity contribution in [1.29, 1.82) is 0 Å². The third-order valence-electron chi connectivity index (χ3n) is 4.97. The molecule has 0 spiro atoms. The van der Waals surface area contributed by atoms with E-state index < -0.39 is 11.6 Å². The van der Waals surface area contributed by atoms with Gasteiger partial charge in [0.2, 0.25) is 5.91 Å². The molecule has 0 bridgehead atoms. The summed E-state index contributed by atoms with van der Waals surface area (Å²) in [6, 6.07) is 7.95. The van der Waals surface area contributed by atoms with E-state index >= 15 is 0 Å². The van der Waals surface area contributed by atoms with E-state index in [0.717, 1.165) is 18.7 Å². The molecule has 25 heavy (non-hydrogen) atoms. The van der Waals surface area contributed by atoms with Gasteiger partial charge in [0.05, 0.1) is 24.9 Å². The van der Waals surface area contributed by atoms with Gasteiger partial charge in [-0.15, -0.1) is 0 Å². The maximum Gasteiger partial charge on any atom is 0.240 e. The Kier molecular flexibility index (Phi) is 6.25. The van der Waals surface area contributed by atoms with Gasteiger partial charge in [-0.1, -0.05) is 45.0 Å². The van der Waals surface area contributed by atoms with E-state index in [1.165, 1.54) is 5.56 Å². The summed E-state index contributed by atoms with van der Waals surface area (Å²) in [5.41, 5.74) is 1.51. The predicted octanol–water partition coefficient (Wildman–Crippen LogP) is 2.24. The Labute approximate surface area is 151 Å². The van der Waals surface area contributed by atoms with Crippen molar-refractivity contribution in [2.75, 3.05) is 32.8 Å². The molecule has 1 aromatic carbocycles. The number of nitrogens with zero attached hydrogens (tertiary/aromatic N) is 1. The second-order valence-corrected chi connectivity index (χ2v) is 8.26. The molecule has 2 rings (SSSR count). The van der Waals surface area contributed by atoms with E-state index in [1.54, 1.807) is 0 Å². The molecule has 0 aliphatic carbocycles. The molecule has 1 saturated heterocycles. The molecule has 5 heteroatoms. The average Bonchev–Trinajstić information content (AvgIpc) is 2.59. The number of ether oxygens (including phenoxy) is 1. The molecule has 0 saturated carbocycles. The molecule has 1 fully saturated rings. The van der Waals surface area contributed by atoms with E-state index in [4.69, 9.17) is 4.74 Å². The minimum atomic E-state index is -0.710. The third-order valence-corrected chi connectivity index (χ3v) is 4.97. The van der Waals surface area contributed by atoms with Gasteiger partial charge >= 0.3 is 0 Å². The number of rotatable bonds is 5. The van der Waals surface area contributed by atoms with Crippen LogP contribution in [0.5, 0.6) is 0 Å². The minimum absolute atomic E-state index is 0.0697. The first-order valence-corrected chi connectivity index (χ1v) is 9.02. The highest BCUT2D eigenvalue weighted by Gasteiger charge is 2.35. The summed E-state index contributed by atoms with van der Waals surface area (Å²) < 4.78 is 5.35. The van der Waals surface area contributed by atoms with E-state index in [9.17, 15) is 9.90 Å². The molecular weight excluding hydrogens is 316 g/mol. The van der Waals surface area contributed by atoms with Gasteiger partial charge in [-0.25, -0.2) is 0 Å². The lowest BCUT2D eigenvalue weighted by molar-refractivity contribution is -0.135. The number of hydrogen-bond acceptors (Lipinski definition) is 4. The topological polar surface area (TPSA) is 61.8 Å². The minimum Gasteiger partial charge on any atom is -0.387 e. The molecule has 0 unspecified atom stereocenters. The lowest BCUT2D eigenvalue weighted by Crippen LogP contribution is -2.58. The maximum absolute atomic E-state index is 12.6. The molecule has 1 aliphatic rings. The van der Waals surface area contributed by atoms with Crippen LogP contribution < -0.4 is 5.32 Å². The molecule has 1 aliphatic heterocycles. The average molecular weight is 348 g/mol. The van der Waals surface area contributed by atoms with Gasteiger partial charge in [-0.3, -0.25) is 9.69 Å². The van der Waals surface area contributed by atoms with E-state index in [1.807, 2.05) is 38.1 Å². The highest BCUT2D eigenvalue weighted by atomic mass is 16.5. The van der Waals surface area contributed by atoms with Crippen LogP contribution in [0.1, 0.15) is 51.8 Å². The number of carbonyl (C=O) groups excluding carboxylic acids is 1. The number of nitrogens with one attached hydrogen (secondary N) is 1. The first-order valence-electron chi connectivity index (χ1n) is 9.02. The molecule has 2 N–H and O–H groups in total. The van der Waals surface area contributed by atoms with Gasteiger partial charge in [0.15, 0.2) is 0 Å². The van der Waals surface area contributed by atoms with Crippen molar-refractivity contribution in [3.05, 3.63) is 35.4 Å². The van der Waals surface area contributed by atoms with Crippen molar-refractivity contribution in [2.24, 2.45) is 0 Å². The number of benzene rings is 1. The van der Waals surface area contributed by atoms with Crippen molar-refractivity contribution in [3.63, 3.8) is 0 Å². The van der Waals surface area contributed by atoms with Gasteiger partial charge in [0.1, 0.15) is 0 Å². The van der Waals surface area contributed by atoms with Crippen LogP contribution in [0.2, 0.25) is 0 Å². The Morgan fingerprint density at radius 1 is 1.16 bits per heavy atom. The molecule has 1 aromatic rings. The quantitative estimate of drug-likeness (QED) is 0.857. The van der Waals surface area contributed by atoms with Gasteiger partial charge in [-0.2, -0.15) is 0 Å². The normalized spacial score (nSPS) is 18.0. The number of aliphatic hydroxyl groups is 1. The van der Waals surface area contributed by atoms with Gasteiger partial charge in [0, 0.05) is 19.6 Å². The molecule has 0 aromatic heterocycles. The van der Waals surface area contributed by atoms with Crippen LogP contribution in [0.3, 0.4) is 0 Å². The van der Waals surface area contributed by atoms with Crippen LogP contribution >= 0.6 is 0 Å². The molecule has 0 radical (unpaired) electrons. The van der Waals surface area contributed by atoms with Crippen LogP contribution in [0.15, 0.2) is 24.3 Å². The summed E-state index contributed by atoms with van der Waals surface area (Å²) >= 11 is 0. The van der Waals surface area contributed by atoms with E-state index in [2.05, 4.69) is 31.0 Å². The Bertz CT molecular complexity index is 570. The highest BCUT2D eigenvalue weighted by molar-refractivity contribution is 5.85. The standard InChI is InChI=1S/C20H32N2O3/c1-19(2,3)16-8-6-15(7-9-16)17(23)14-21-18(24)20(4,5)22-10-12-25-13-11-22/h6-9,17,23H,10-14H2,1-5H3,(H,21,24)/t17-/m1/s1. The first kappa shape index (κ1) is 19.9. The lowest BCUT2D eigenvalue weighted by atomic mass is 9.86. The Morgan fingerprint density at radius 3 is 2.24 bits per heavy atom. The van der Waals surface area contributed by atoms with Crippen LogP contribution in [-0.4, -0.2) is 54.3 Å². The second-order valence-electron chi connectivity index (χ2n) is 8.26. The summed E-state index contributed by atoms with van der Waals surface area (Å²) in [6.07, 6.45) is -0.710. The van der Waals surface area contributed by atoms with Gasteiger partial charge < -0.3 is 15.2 Å². The number of morpholine rings is 1. The third kappa shape index (κ3) is 5.03. The van der Waals surface area contributed by atoms with Crippen molar-refractivity contribution in [2.45, 2.75) is 51.7 Å². The van der Waals surface area contributed by atoms with Gasteiger partial charge in [0.25, 0.3) is 0 Å². The maximum atomic E-state index is 12.6.